The Balaban J connectivity index is 1.79. The van der Waals surface area contributed by atoms with Gasteiger partial charge in [-0.05, 0) is 23.9 Å². The van der Waals surface area contributed by atoms with Crippen LogP contribution in [0.5, 0.6) is 0 Å². The number of aromatic nitrogens is 2. The van der Waals surface area contributed by atoms with Crippen molar-refractivity contribution in [2.75, 3.05) is 0 Å². The molecule has 0 aliphatic carbocycles. The number of pyridine rings is 1. The van der Waals surface area contributed by atoms with E-state index in [0.29, 0.717) is 21.9 Å². The SMILES string of the molecule is Cc1cc(=O)[nH]c(SCc2cc(-c3cccs3)on2)c1C#N. The quantitative estimate of drug-likeness (QED) is 0.740. The van der Waals surface area contributed by atoms with Crippen LogP contribution in [-0.4, -0.2) is 10.1 Å². The standard InChI is InChI=1S/C15H11N3O2S2/c1-9-5-14(19)17-15(11(9)7-16)22-8-10-6-12(20-18-10)13-3-2-4-21-13/h2-6H,8H2,1H3,(H,17,19). The molecule has 3 aromatic heterocycles. The van der Waals surface area contributed by atoms with Crippen molar-refractivity contribution in [3.05, 3.63) is 56.8 Å². The topological polar surface area (TPSA) is 82.7 Å². The molecule has 22 heavy (non-hydrogen) atoms. The van der Waals surface area contributed by atoms with Crippen LogP contribution in [-0.2, 0) is 5.75 Å². The molecule has 0 radical (unpaired) electrons. The van der Waals surface area contributed by atoms with Crippen molar-refractivity contribution in [1.29, 1.82) is 5.26 Å². The van der Waals surface area contributed by atoms with Crippen molar-refractivity contribution in [1.82, 2.24) is 10.1 Å². The van der Waals surface area contributed by atoms with Crippen molar-refractivity contribution in [2.24, 2.45) is 0 Å². The Morgan fingerprint density at radius 1 is 1.50 bits per heavy atom. The summed E-state index contributed by atoms with van der Waals surface area (Å²) in [6.45, 7) is 1.75. The highest BCUT2D eigenvalue weighted by molar-refractivity contribution is 7.98. The molecule has 0 fully saturated rings. The highest BCUT2D eigenvalue weighted by atomic mass is 32.2. The van der Waals surface area contributed by atoms with Crippen LogP contribution in [0.1, 0.15) is 16.8 Å². The van der Waals surface area contributed by atoms with Gasteiger partial charge in [0, 0.05) is 17.9 Å². The normalized spacial score (nSPS) is 10.5. The summed E-state index contributed by atoms with van der Waals surface area (Å²) in [6, 6.07) is 9.34. The van der Waals surface area contributed by atoms with E-state index in [1.807, 2.05) is 23.6 Å². The van der Waals surface area contributed by atoms with Gasteiger partial charge in [-0.3, -0.25) is 4.79 Å². The van der Waals surface area contributed by atoms with Gasteiger partial charge in [0.05, 0.1) is 21.2 Å². The third-order valence-electron chi connectivity index (χ3n) is 3.00. The first-order chi connectivity index (χ1) is 10.7. The zero-order chi connectivity index (χ0) is 15.5. The Hall–Kier alpha value is -2.30. The highest BCUT2D eigenvalue weighted by Crippen LogP contribution is 2.28. The number of nitriles is 1. The molecule has 0 amide bonds. The zero-order valence-corrected chi connectivity index (χ0v) is 13.3. The Labute approximate surface area is 134 Å². The molecule has 3 rings (SSSR count). The Morgan fingerprint density at radius 2 is 2.36 bits per heavy atom. The van der Waals surface area contributed by atoms with Crippen molar-refractivity contribution in [2.45, 2.75) is 17.7 Å². The number of nitrogens with one attached hydrogen (secondary N) is 1. The third-order valence-corrected chi connectivity index (χ3v) is 4.92. The van der Waals surface area contributed by atoms with Gasteiger partial charge in [0.15, 0.2) is 5.76 Å². The van der Waals surface area contributed by atoms with Gasteiger partial charge in [-0.15, -0.1) is 23.1 Å². The summed E-state index contributed by atoms with van der Waals surface area (Å²) in [5, 5.41) is 15.8. The molecular formula is C15H11N3O2S2. The molecule has 1 N–H and O–H groups in total. The molecule has 0 unspecified atom stereocenters. The molecule has 0 atom stereocenters. The molecule has 0 spiro atoms. The first-order valence-electron chi connectivity index (χ1n) is 6.43. The van der Waals surface area contributed by atoms with Gasteiger partial charge in [-0.25, -0.2) is 0 Å². The molecule has 7 heteroatoms. The van der Waals surface area contributed by atoms with Gasteiger partial charge in [-0.2, -0.15) is 5.26 Å². The van der Waals surface area contributed by atoms with E-state index in [2.05, 4.69) is 16.2 Å². The van der Waals surface area contributed by atoms with Crippen LogP contribution in [0.15, 0.2) is 44.0 Å². The Morgan fingerprint density at radius 3 is 3.09 bits per heavy atom. The number of aromatic amines is 1. The van der Waals surface area contributed by atoms with Gasteiger partial charge < -0.3 is 9.51 Å². The van der Waals surface area contributed by atoms with E-state index in [4.69, 9.17) is 4.52 Å². The van der Waals surface area contributed by atoms with E-state index in [9.17, 15) is 10.1 Å². The van der Waals surface area contributed by atoms with Gasteiger partial charge in [-0.1, -0.05) is 11.2 Å². The third kappa shape index (κ3) is 2.98. The van der Waals surface area contributed by atoms with E-state index < -0.39 is 0 Å². The maximum atomic E-state index is 11.5. The lowest BCUT2D eigenvalue weighted by atomic mass is 10.2. The fraction of sp³-hybridized carbons (Fsp3) is 0.133. The molecule has 0 saturated carbocycles. The lowest BCUT2D eigenvalue weighted by molar-refractivity contribution is 0.427. The van der Waals surface area contributed by atoms with Gasteiger partial charge in [0.25, 0.3) is 0 Å². The summed E-state index contributed by atoms with van der Waals surface area (Å²) in [6.07, 6.45) is 0. The van der Waals surface area contributed by atoms with Crippen LogP contribution >= 0.6 is 23.1 Å². The molecule has 0 aromatic carbocycles. The maximum absolute atomic E-state index is 11.5. The van der Waals surface area contributed by atoms with Crippen molar-refractivity contribution in [3.63, 3.8) is 0 Å². The van der Waals surface area contributed by atoms with Gasteiger partial charge in [0.1, 0.15) is 6.07 Å². The predicted molar refractivity (Wildman–Crippen MR) is 85.9 cm³/mol. The minimum atomic E-state index is -0.210. The highest BCUT2D eigenvalue weighted by Gasteiger charge is 2.11. The van der Waals surface area contributed by atoms with Crippen molar-refractivity contribution < 1.29 is 4.52 Å². The van der Waals surface area contributed by atoms with Gasteiger partial charge in [0.2, 0.25) is 5.56 Å². The molecular weight excluding hydrogens is 318 g/mol. The van der Waals surface area contributed by atoms with Crippen LogP contribution < -0.4 is 5.56 Å². The Kier molecular flexibility index (Phi) is 4.13. The average molecular weight is 329 g/mol. The lowest BCUT2D eigenvalue weighted by Crippen LogP contribution is -2.08. The lowest BCUT2D eigenvalue weighted by Gasteiger charge is -2.04. The van der Waals surface area contributed by atoms with E-state index >= 15 is 0 Å². The van der Waals surface area contributed by atoms with Crippen LogP contribution in [0.4, 0.5) is 0 Å². The number of hydrogen-bond acceptors (Lipinski definition) is 6. The summed E-state index contributed by atoms with van der Waals surface area (Å²) in [5.74, 6) is 1.24. The van der Waals surface area contributed by atoms with E-state index in [1.165, 1.54) is 17.8 Å². The molecule has 0 aliphatic rings. The molecule has 3 aromatic rings. The van der Waals surface area contributed by atoms with Gasteiger partial charge >= 0.3 is 0 Å². The molecule has 0 saturated heterocycles. The number of H-pyrrole nitrogens is 1. The maximum Gasteiger partial charge on any atom is 0.249 e. The minimum Gasteiger partial charge on any atom is -0.355 e. The van der Waals surface area contributed by atoms with Crippen LogP contribution in [0.25, 0.3) is 10.6 Å². The summed E-state index contributed by atoms with van der Waals surface area (Å²) in [4.78, 5) is 15.3. The van der Waals surface area contributed by atoms with E-state index in [0.717, 1.165) is 16.3 Å². The summed E-state index contributed by atoms with van der Waals surface area (Å²) >= 11 is 2.95. The summed E-state index contributed by atoms with van der Waals surface area (Å²) in [5.41, 5.74) is 1.72. The fourth-order valence-electron chi connectivity index (χ4n) is 1.97. The van der Waals surface area contributed by atoms with E-state index in [1.54, 1.807) is 18.3 Å². The number of aryl methyl sites for hydroxylation is 1. The second-order valence-corrected chi connectivity index (χ2v) is 6.51. The van der Waals surface area contributed by atoms with E-state index in [-0.39, 0.29) is 5.56 Å². The summed E-state index contributed by atoms with van der Waals surface area (Å²) in [7, 11) is 0. The monoisotopic (exact) mass is 329 g/mol. The van der Waals surface area contributed by atoms with Crippen LogP contribution in [0.3, 0.4) is 0 Å². The number of thiophene rings is 1. The smallest absolute Gasteiger partial charge is 0.249 e. The summed E-state index contributed by atoms with van der Waals surface area (Å²) < 4.78 is 5.31. The predicted octanol–water partition coefficient (Wildman–Crippen LogP) is 3.56. The van der Waals surface area contributed by atoms with Crippen molar-refractivity contribution >= 4 is 23.1 Å². The molecule has 5 nitrogen and oxygen atoms in total. The molecule has 0 aliphatic heterocycles. The minimum absolute atomic E-state index is 0.210. The van der Waals surface area contributed by atoms with Crippen LogP contribution in [0, 0.1) is 18.3 Å². The Bertz CT molecular complexity index is 888. The first kappa shape index (κ1) is 14.6. The fourth-order valence-corrected chi connectivity index (χ4v) is 3.59. The largest absolute Gasteiger partial charge is 0.355 e. The first-order valence-corrected chi connectivity index (χ1v) is 8.30. The number of nitrogens with zero attached hydrogens (tertiary/aromatic N) is 2. The average Bonchev–Trinajstić information content (AvgIpc) is 3.15. The number of hydrogen-bond donors (Lipinski definition) is 1. The number of thioether (sulfide) groups is 1. The zero-order valence-electron chi connectivity index (χ0n) is 11.6. The molecule has 3 heterocycles. The second-order valence-electron chi connectivity index (χ2n) is 4.58. The molecule has 110 valence electrons. The van der Waals surface area contributed by atoms with Crippen molar-refractivity contribution in [3.8, 4) is 16.7 Å². The van der Waals surface area contributed by atoms with Crippen LogP contribution in [0.2, 0.25) is 0 Å². The molecule has 0 bridgehead atoms. The second kappa shape index (κ2) is 6.22. The number of rotatable bonds is 4.